The predicted molar refractivity (Wildman–Crippen MR) is 86.7 cm³/mol. The molecule has 6 nitrogen and oxygen atoms in total. The molecule has 0 aliphatic rings. The molecule has 0 heterocycles. The summed E-state index contributed by atoms with van der Waals surface area (Å²) < 4.78 is 25.9. The zero-order valence-electron chi connectivity index (χ0n) is 12.0. The number of sulfonamides is 1. The molecular weight excluding hydrogens is 310 g/mol. The zero-order chi connectivity index (χ0) is 15.7. The number of carbonyl (C=O) groups is 1. The fraction of sp³-hybridized carbons (Fsp3) is 0.462. The van der Waals surface area contributed by atoms with Crippen LogP contribution in [-0.4, -0.2) is 38.9 Å². The molecule has 1 aromatic carbocycles. The third-order valence-electron chi connectivity index (χ3n) is 2.55. The Labute approximate surface area is 129 Å². The highest BCUT2D eigenvalue weighted by Crippen LogP contribution is 2.19. The van der Waals surface area contributed by atoms with Gasteiger partial charge in [0, 0.05) is 35.8 Å². The highest BCUT2D eigenvalue weighted by molar-refractivity contribution is 8.00. The van der Waals surface area contributed by atoms with Crippen molar-refractivity contribution in [1.82, 2.24) is 10.0 Å². The number of nitrogens with two attached hydrogens (primary N) is 1. The Hall–Kier alpha value is -1.25. The first-order chi connectivity index (χ1) is 9.93. The van der Waals surface area contributed by atoms with Crippen molar-refractivity contribution in [3.63, 3.8) is 0 Å². The van der Waals surface area contributed by atoms with E-state index in [0.717, 1.165) is 4.90 Å². The van der Waals surface area contributed by atoms with E-state index in [2.05, 4.69) is 10.0 Å². The van der Waals surface area contributed by atoms with Crippen LogP contribution in [0, 0.1) is 0 Å². The van der Waals surface area contributed by atoms with Crippen LogP contribution in [0.25, 0.3) is 0 Å². The molecule has 0 radical (unpaired) electrons. The van der Waals surface area contributed by atoms with Crippen LogP contribution in [0.3, 0.4) is 0 Å². The summed E-state index contributed by atoms with van der Waals surface area (Å²) in [6.07, 6.45) is 0.151. The van der Waals surface area contributed by atoms with E-state index in [4.69, 9.17) is 5.73 Å². The molecule has 1 aromatic rings. The lowest BCUT2D eigenvalue weighted by Gasteiger charge is -2.07. The first-order valence-corrected chi connectivity index (χ1v) is 9.29. The second-order valence-electron chi connectivity index (χ2n) is 4.33. The van der Waals surface area contributed by atoms with Gasteiger partial charge in [-0.1, -0.05) is 0 Å². The van der Waals surface area contributed by atoms with E-state index in [1.807, 2.05) is 19.1 Å². The molecule has 0 bridgehead atoms. The maximum Gasteiger partial charge on any atom is 0.221 e. The topological polar surface area (TPSA) is 101 Å². The first-order valence-electron chi connectivity index (χ1n) is 6.65. The highest BCUT2D eigenvalue weighted by atomic mass is 32.2. The zero-order valence-corrected chi connectivity index (χ0v) is 13.6. The van der Waals surface area contributed by atoms with Gasteiger partial charge in [-0.15, -0.1) is 11.8 Å². The predicted octanol–water partition coefficient (Wildman–Crippen LogP) is 0.806. The van der Waals surface area contributed by atoms with Gasteiger partial charge in [-0.05, 0) is 31.2 Å². The number of thioether (sulfide) groups is 1. The van der Waals surface area contributed by atoms with E-state index in [-0.39, 0.29) is 24.6 Å². The number of hydrogen-bond donors (Lipinski definition) is 3. The quantitative estimate of drug-likeness (QED) is 0.459. The Balaban J connectivity index is 2.26. The summed E-state index contributed by atoms with van der Waals surface area (Å²) >= 11 is 1.45. The Morgan fingerprint density at radius 3 is 2.57 bits per heavy atom. The van der Waals surface area contributed by atoms with Gasteiger partial charge in [-0.2, -0.15) is 0 Å². The van der Waals surface area contributed by atoms with E-state index in [1.54, 1.807) is 12.1 Å². The van der Waals surface area contributed by atoms with Crippen LogP contribution in [0.4, 0.5) is 5.69 Å². The van der Waals surface area contributed by atoms with Gasteiger partial charge >= 0.3 is 0 Å². The Morgan fingerprint density at radius 2 is 1.95 bits per heavy atom. The molecule has 0 fully saturated rings. The smallest absolute Gasteiger partial charge is 0.221 e. The van der Waals surface area contributed by atoms with Crippen molar-refractivity contribution in [1.29, 1.82) is 0 Å². The van der Waals surface area contributed by atoms with Gasteiger partial charge in [0.2, 0.25) is 15.9 Å². The molecule has 0 aromatic heterocycles. The Bertz CT molecular complexity index is 544. The number of rotatable bonds is 9. The van der Waals surface area contributed by atoms with E-state index in [9.17, 15) is 13.2 Å². The van der Waals surface area contributed by atoms with Crippen LogP contribution in [0.5, 0.6) is 0 Å². The van der Waals surface area contributed by atoms with Crippen molar-refractivity contribution in [2.45, 2.75) is 18.2 Å². The summed E-state index contributed by atoms with van der Waals surface area (Å²) in [7, 11) is -3.35. The van der Waals surface area contributed by atoms with Crippen LogP contribution < -0.4 is 15.8 Å². The SMILES string of the molecule is CCNC(=O)CCNS(=O)(=O)CCSc1ccc(N)cc1. The normalized spacial score (nSPS) is 11.3. The van der Waals surface area contributed by atoms with Crippen LogP contribution in [0.2, 0.25) is 0 Å². The standard InChI is InChI=1S/C13H21N3O3S2/c1-2-15-13(17)7-8-16-21(18,19)10-9-20-12-5-3-11(14)4-6-12/h3-6,16H,2,7-10,14H2,1H3,(H,15,17). The van der Waals surface area contributed by atoms with Gasteiger partial charge in [-0.25, -0.2) is 13.1 Å². The molecule has 0 saturated carbocycles. The van der Waals surface area contributed by atoms with Crippen molar-refractivity contribution >= 4 is 33.4 Å². The fourth-order valence-electron chi connectivity index (χ4n) is 1.51. The van der Waals surface area contributed by atoms with Crippen molar-refractivity contribution in [2.75, 3.05) is 30.3 Å². The first kappa shape index (κ1) is 17.8. The Kier molecular flexibility index (Phi) is 7.55. The minimum absolute atomic E-state index is 0.0113. The maximum absolute atomic E-state index is 11.7. The Morgan fingerprint density at radius 1 is 1.29 bits per heavy atom. The molecule has 0 unspecified atom stereocenters. The number of anilines is 1. The lowest BCUT2D eigenvalue weighted by atomic mass is 10.3. The number of carbonyl (C=O) groups excluding carboxylic acids is 1. The number of nitrogen functional groups attached to an aromatic ring is 1. The molecule has 0 saturated heterocycles. The summed E-state index contributed by atoms with van der Waals surface area (Å²) in [5.41, 5.74) is 6.26. The molecule has 0 spiro atoms. The van der Waals surface area contributed by atoms with Crippen molar-refractivity contribution in [3.8, 4) is 0 Å². The summed E-state index contributed by atoms with van der Waals surface area (Å²) in [6, 6.07) is 7.27. The van der Waals surface area contributed by atoms with Gasteiger partial charge in [0.15, 0.2) is 0 Å². The molecular formula is C13H21N3O3S2. The number of hydrogen-bond acceptors (Lipinski definition) is 5. The van der Waals surface area contributed by atoms with Gasteiger partial charge in [0.1, 0.15) is 0 Å². The fourth-order valence-corrected chi connectivity index (χ4v) is 3.84. The van der Waals surface area contributed by atoms with E-state index in [0.29, 0.717) is 18.0 Å². The van der Waals surface area contributed by atoms with Crippen molar-refractivity contribution < 1.29 is 13.2 Å². The average molecular weight is 331 g/mol. The van der Waals surface area contributed by atoms with Crippen LogP contribution in [-0.2, 0) is 14.8 Å². The summed E-state index contributed by atoms with van der Waals surface area (Å²) in [4.78, 5) is 12.2. The number of amides is 1. The van der Waals surface area contributed by atoms with Gasteiger partial charge in [0.05, 0.1) is 5.75 Å². The lowest BCUT2D eigenvalue weighted by molar-refractivity contribution is -0.120. The molecule has 1 rings (SSSR count). The number of benzene rings is 1. The van der Waals surface area contributed by atoms with Crippen LogP contribution in [0.15, 0.2) is 29.2 Å². The van der Waals surface area contributed by atoms with E-state index < -0.39 is 10.0 Å². The molecule has 21 heavy (non-hydrogen) atoms. The summed E-state index contributed by atoms with van der Waals surface area (Å²) in [5.74, 6) is 0.300. The highest BCUT2D eigenvalue weighted by Gasteiger charge is 2.10. The third-order valence-corrected chi connectivity index (χ3v) is 5.21. The largest absolute Gasteiger partial charge is 0.399 e. The lowest BCUT2D eigenvalue weighted by Crippen LogP contribution is -2.32. The van der Waals surface area contributed by atoms with Crippen molar-refractivity contribution in [2.24, 2.45) is 0 Å². The monoisotopic (exact) mass is 331 g/mol. The second kappa shape index (κ2) is 8.91. The molecule has 0 aliphatic heterocycles. The molecule has 8 heteroatoms. The molecule has 118 valence electrons. The van der Waals surface area contributed by atoms with Crippen molar-refractivity contribution in [3.05, 3.63) is 24.3 Å². The van der Waals surface area contributed by atoms with E-state index >= 15 is 0 Å². The minimum atomic E-state index is -3.35. The number of nitrogens with one attached hydrogen (secondary N) is 2. The van der Waals surface area contributed by atoms with Crippen LogP contribution in [0.1, 0.15) is 13.3 Å². The molecule has 0 aliphatic carbocycles. The molecule has 1 amide bonds. The van der Waals surface area contributed by atoms with Crippen LogP contribution >= 0.6 is 11.8 Å². The molecule has 4 N–H and O–H groups in total. The summed E-state index contributed by atoms with van der Waals surface area (Å²) in [5, 5.41) is 2.61. The maximum atomic E-state index is 11.7. The summed E-state index contributed by atoms with van der Waals surface area (Å²) in [6.45, 7) is 2.49. The third kappa shape index (κ3) is 7.93. The van der Waals surface area contributed by atoms with E-state index in [1.165, 1.54) is 11.8 Å². The van der Waals surface area contributed by atoms with Gasteiger partial charge in [0.25, 0.3) is 0 Å². The average Bonchev–Trinajstić information content (AvgIpc) is 2.41. The van der Waals surface area contributed by atoms with Gasteiger partial charge in [-0.3, -0.25) is 4.79 Å². The van der Waals surface area contributed by atoms with Gasteiger partial charge < -0.3 is 11.1 Å². The molecule has 0 atom stereocenters. The minimum Gasteiger partial charge on any atom is -0.399 e. The second-order valence-corrected chi connectivity index (χ2v) is 7.43.